The zero-order valence-corrected chi connectivity index (χ0v) is 12.7. The van der Waals surface area contributed by atoms with Crippen molar-refractivity contribution in [3.63, 3.8) is 0 Å². The summed E-state index contributed by atoms with van der Waals surface area (Å²) in [5, 5.41) is 0.967. The van der Waals surface area contributed by atoms with E-state index < -0.39 is 0 Å². The molecule has 0 spiro atoms. The van der Waals surface area contributed by atoms with E-state index in [1.54, 1.807) is 11.3 Å². The predicted molar refractivity (Wildman–Crippen MR) is 85.4 cm³/mol. The van der Waals surface area contributed by atoms with Gasteiger partial charge in [-0.05, 0) is 37.3 Å². The SMILES string of the molecule is NC(=O)[C@@H]1C[C@H]2CCCC[C@H]2N1c1nc2ccccc2s1. The van der Waals surface area contributed by atoms with Crippen LogP contribution in [0.3, 0.4) is 0 Å². The van der Waals surface area contributed by atoms with Gasteiger partial charge in [0.1, 0.15) is 6.04 Å². The van der Waals surface area contributed by atoms with Crippen molar-refractivity contribution in [2.24, 2.45) is 11.7 Å². The first-order valence-corrected chi connectivity index (χ1v) is 8.49. The third-order valence-corrected chi connectivity index (χ3v) is 5.97. The molecule has 0 bridgehead atoms. The standard InChI is InChI=1S/C16H19N3OS/c17-15(20)13-9-10-5-1-3-7-12(10)19(13)16-18-11-6-2-4-8-14(11)21-16/h2,4,6,8,10,12-13H,1,3,5,7,9H2,(H2,17,20)/t10-,12-,13+/m1/s1. The number of hydrogen-bond donors (Lipinski definition) is 1. The highest BCUT2D eigenvalue weighted by Crippen LogP contribution is 2.44. The Morgan fingerprint density at radius 3 is 2.90 bits per heavy atom. The lowest BCUT2D eigenvalue weighted by Crippen LogP contribution is -2.45. The summed E-state index contributed by atoms with van der Waals surface area (Å²) in [5.74, 6) is 0.395. The molecule has 1 aromatic carbocycles. The summed E-state index contributed by atoms with van der Waals surface area (Å²) >= 11 is 1.68. The molecule has 2 aromatic rings. The summed E-state index contributed by atoms with van der Waals surface area (Å²) in [5.41, 5.74) is 6.68. The Balaban J connectivity index is 1.77. The molecule has 2 aliphatic rings. The average Bonchev–Trinajstić information content (AvgIpc) is 3.07. The zero-order valence-electron chi connectivity index (χ0n) is 11.9. The van der Waals surface area contributed by atoms with E-state index in [0.29, 0.717) is 12.0 Å². The molecule has 0 radical (unpaired) electrons. The molecular weight excluding hydrogens is 282 g/mol. The third kappa shape index (κ3) is 2.11. The van der Waals surface area contributed by atoms with Crippen LogP contribution in [0.25, 0.3) is 10.2 Å². The molecule has 1 saturated heterocycles. The molecule has 21 heavy (non-hydrogen) atoms. The summed E-state index contributed by atoms with van der Waals surface area (Å²) < 4.78 is 1.18. The molecule has 1 aliphatic carbocycles. The number of para-hydroxylation sites is 1. The van der Waals surface area contributed by atoms with Gasteiger partial charge in [0.25, 0.3) is 0 Å². The lowest BCUT2D eigenvalue weighted by molar-refractivity contribution is -0.119. The second-order valence-electron chi connectivity index (χ2n) is 6.14. The fraction of sp³-hybridized carbons (Fsp3) is 0.500. The predicted octanol–water partition coefficient (Wildman–Crippen LogP) is 2.92. The number of rotatable bonds is 2. The molecule has 4 nitrogen and oxygen atoms in total. The topological polar surface area (TPSA) is 59.2 Å². The first-order valence-electron chi connectivity index (χ1n) is 7.67. The van der Waals surface area contributed by atoms with Crippen LogP contribution in [0.2, 0.25) is 0 Å². The van der Waals surface area contributed by atoms with Crippen molar-refractivity contribution in [3.05, 3.63) is 24.3 Å². The van der Waals surface area contributed by atoms with E-state index in [2.05, 4.69) is 11.0 Å². The molecule has 2 fully saturated rings. The highest BCUT2D eigenvalue weighted by molar-refractivity contribution is 7.22. The van der Waals surface area contributed by atoms with Gasteiger partial charge in [-0.2, -0.15) is 0 Å². The Labute approximate surface area is 128 Å². The second-order valence-corrected chi connectivity index (χ2v) is 7.15. The fourth-order valence-corrected chi connectivity index (χ4v) is 5.03. The number of nitrogens with two attached hydrogens (primary N) is 1. The minimum Gasteiger partial charge on any atom is -0.368 e. The van der Waals surface area contributed by atoms with Gasteiger partial charge < -0.3 is 10.6 Å². The van der Waals surface area contributed by atoms with Crippen LogP contribution in [0.15, 0.2) is 24.3 Å². The Morgan fingerprint density at radius 2 is 2.10 bits per heavy atom. The van der Waals surface area contributed by atoms with Gasteiger partial charge in [-0.25, -0.2) is 4.98 Å². The number of primary amides is 1. The normalized spacial score (nSPS) is 28.8. The van der Waals surface area contributed by atoms with Gasteiger partial charge >= 0.3 is 0 Å². The Morgan fingerprint density at radius 1 is 1.29 bits per heavy atom. The summed E-state index contributed by atoms with van der Waals surface area (Å²) in [6.07, 6.45) is 5.80. The van der Waals surface area contributed by atoms with Crippen LogP contribution < -0.4 is 10.6 Å². The van der Waals surface area contributed by atoms with Gasteiger partial charge in [-0.1, -0.05) is 36.3 Å². The molecule has 4 rings (SSSR count). The molecule has 1 amide bonds. The van der Waals surface area contributed by atoms with Gasteiger partial charge in [0.15, 0.2) is 5.13 Å². The Bertz CT molecular complexity index is 650. The number of aromatic nitrogens is 1. The van der Waals surface area contributed by atoms with Crippen LogP contribution in [-0.2, 0) is 4.79 Å². The van der Waals surface area contributed by atoms with E-state index in [1.807, 2.05) is 18.2 Å². The van der Waals surface area contributed by atoms with Crippen LogP contribution in [0, 0.1) is 5.92 Å². The molecule has 0 unspecified atom stereocenters. The van der Waals surface area contributed by atoms with Gasteiger partial charge in [0.05, 0.1) is 10.2 Å². The highest BCUT2D eigenvalue weighted by Gasteiger charge is 2.45. The minimum absolute atomic E-state index is 0.182. The number of thiazole rings is 1. The van der Waals surface area contributed by atoms with E-state index >= 15 is 0 Å². The van der Waals surface area contributed by atoms with E-state index in [4.69, 9.17) is 10.7 Å². The lowest BCUT2D eigenvalue weighted by atomic mass is 9.85. The second kappa shape index (κ2) is 4.98. The van der Waals surface area contributed by atoms with Gasteiger partial charge in [-0.15, -0.1) is 0 Å². The smallest absolute Gasteiger partial charge is 0.240 e. The maximum absolute atomic E-state index is 11.9. The van der Waals surface area contributed by atoms with E-state index in [-0.39, 0.29) is 11.9 Å². The van der Waals surface area contributed by atoms with Crippen molar-refractivity contribution in [3.8, 4) is 0 Å². The van der Waals surface area contributed by atoms with Crippen LogP contribution in [0.1, 0.15) is 32.1 Å². The van der Waals surface area contributed by atoms with Crippen molar-refractivity contribution >= 4 is 32.6 Å². The summed E-state index contributed by atoms with van der Waals surface area (Å²) in [6, 6.07) is 8.41. The van der Waals surface area contributed by atoms with Gasteiger partial charge in [-0.3, -0.25) is 4.79 Å². The van der Waals surface area contributed by atoms with Crippen LogP contribution >= 0.6 is 11.3 Å². The first-order chi connectivity index (χ1) is 10.2. The Hall–Kier alpha value is -1.62. The summed E-state index contributed by atoms with van der Waals surface area (Å²) in [4.78, 5) is 18.9. The van der Waals surface area contributed by atoms with Crippen molar-refractivity contribution in [1.82, 2.24) is 4.98 Å². The number of benzene rings is 1. The van der Waals surface area contributed by atoms with E-state index in [1.165, 1.54) is 24.0 Å². The maximum atomic E-state index is 11.9. The molecule has 1 aromatic heterocycles. The highest BCUT2D eigenvalue weighted by atomic mass is 32.1. The molecule has 1 saturated carbocycles. The minimum atomic E-state index is -0.205. The summed E-state index contributed by atoms with van der Waals surface area (Å²) in [6.45, 7) is 0. The number of nitrogens with zero attached hydrogens (tertiary/aromatic N) is 2. The maximum Gasteiger partial charge on any atom is 0.240 e. The van der Waals surface area contributed by atoms with Crippen LogP contribution in [0.5, 0.6) is 0 Å². The van der Waals surface area contributed by atoms with Crippen molar-refractivity contribution in [1.29, 1.82) is 0 Å². The number of amides is 1. The molecule has 2 heterocycles. The average molecular weight is 301 g/mol. The van der Waals surface area contributed by atoms with Crippen molar-refractivity contribution in [2.45, 2.75) is 44.2 Å². The largest absolute Gasteiger partial charge is 0.368 e. The van der Waals surface area contributed by atoms with E-state index in [0.717, 1.165) is 23.5 Å². The fourth-order valence-electron chi connectivity index (χ4n) is 3.96. The van der Waals surface area contributed by atoms with Gasteiger partial charge in [0.2, 0.25) is 5.91 Å². The number of fused-ring (bicyclic) bond motifs is 2. The van der Waals surface area contributed by atoms with E-state index in [9.17, 15) is 4.79 Å². The molecule has 2 N–H and O–H groups in total. The number of anilines is 1. The third-order valence-electron chi connectivity index (χ3n) is 4.92. The lowest BCUT2D eigenvalue weighted by Gasteiger charge is -2.32. The van der Waals surface area contributed by atoms with Crippen LogP contribution in [0.4, 0.5) is 5.13 Å². The molecule has 3 atom stereocenters. The van der Waals surface area contributed by atoms with Crippen molar-refractivity contribution in [2.75, 3.05) is 4.90 Å². The zero-order chi connectivity index (χ0) is 14.4. The first kappa shape index (κ1) is 13.1. The van der Waals surface area contributed by atoms with Crippen molar-refractivity contribution < 1.29 is 4.79 Å². The molecular formula is C16H19N3OS. The van der Waals surface area contributed by atoms with Crippen LogP contribution in [-0.4, -0.2) is 23.0 Å². The molecule has 110 valence electrons. The van der Waals surface area contributed by atoms with Gasteiger partial charge in [0, 0.05) is 6.04 Å². The summed E-state index contributed by atoms with van der Waals surface area (Å²) in [7, 11) is 0. The monoisotopic (exact) mass is 301 g/mol. The number of hydrogen-bond acceptors (Lipinski definition) is 4. The molecule has 1 aliphatic heterocycles. The molecule has 5 heteroatoms. The Kier molecular flexibility index (Phi) is 3.10. The quantitative estimate of drug-likeness (QED) is 0.928. The number of carbonyl (C=O) groups is 1. The number of carbonyl (C=O) groups excluding carboxylic acids is 1.